The van der Waals surface area contributed by atoms with Crippen LogP contribution in [0.5, 0.6) is 17.2 Å². The largest absolute Gasteiger partial charge is 0.496 e. The highest BCUT2D eigenvalue weighted by molar-refractivity contribution is 6.23. The van der Waals surface area contributed by atoms with E-state index in [1.807, 2.05) is 42.5 Å². The topological polar surface area (TPSA) is 156 Å². The van der Waals surface area contributed by atoms with Gasteiger partial charge >= 0.3 is 0 Å². The molecule has 0 saturated carbocycles. The highest BCUT2D eigenvalue weighted by Gasteiger charge is 2.19. The van der Waals surface area contributed by atoms with Crippen molar-refractivity contribution >= 4 is 38.3 Å². The van der Waals surface area contributed by atoms with E-state index in [0.29, 0.717) is 23.1 Å². The summed E-state index contributed by atoms with van der Waals surface area (Å²) in [5.41, 5.74) is 9.12. The number of hydrogen-bond donors (Lipinski definition) is 2. The molecule has 0 bridgehead atoms. The first-order chi connectivity index (χ1) is 17.2. The van der Waals surface area contributed by atoms with E-state index >= 15 is 0 Å². The number of nitrogens with zero attached hydrogens (tertiary/aromatic N) is 1. The number of nitrogen functional groups attached to an aromatic ring is 1. The molecule has 0 saturated heterocycles. The monoisotopic (exact) mass is 510 g/mol. The molecule has 1 aromatic heterocycles. The molecule has 5 aromatic rings. The Bertz CT molecular complexity index is 1560. The van der Waals surface area contributed by atoms with Crippen LogP contribution in [0.1, 0.15) is 0 Å². The Morgan fingerprint density at radius 1 is 0.722 bits per heavy atom. The Morgan fingerprint density at radius 2 is 1.25 bits per heavy atom. The van der Waals surface area contributed by atoms with Crippen LogP contribution in [-0.2, 0) is 0 Å². The molecule has 0 atom stereocenters. The number of rotatable bonds is 4. The van der Waals surface area contributed by atoms with Gasteiger partial charge in [-0.1, -0.05) is 48.5 Å². The summed E-state index contributed by atoms with van der Waals surface area (Å²) in [5, 5.41) is 5.12. The molecule has 3 N–H and O–H groups in total. The van der Waals surface area contributed by atoms with Crippen LogP contribution in [0.15, 0.2) is 66.7 Å². The highest BCUT2D eigenvalue weighted by Crippen LogP contribution is 2.45. The summed E-state index contributed by atoms with van der Waals surface area (Å²) in [7, 11) is 0.204. The quantitative estimate of drug-likeness (QED) is 0.343. The fourth-order valence-corrected chi connectivity index (χ4v) is 4.27. The van der Waals surface area contributed by atoms with Crippen molar-refractivity contribution in [2.75, 3.05) is 27.1 Å². The minimum Gasteiger partial charge on any atom is -0.496 e. The maximum atomic E-state index is 8.60. The third kappa shape index (κ3) is 4.92. The standard InChI is InChI=1S/C26H22N2O3.ClHO4/c1-29-21-14-23(31-3)22(30-2)13-19(21)20-12-15-8-4-5-9-16(15)25-24(20)17-10-6-7-11-18(17)26(27)28-25;2-1(3,4)5/h4-14H,1-3H3,(H2,27,28);(H,2,3,4,5). The molecule has 186 valence electrons. The van der Waals surface area contributed by atoms with Gasteiger partial charge in [-0.3, -0.25) is 0 Å². The van der Waals surface area contributed by atoms with E-state index < -0.39 is 10.2 Å². The van der Waals surface area contributed by atoms with Crippen molar-refractivity contribution < 1.29 is 43.1 Å². The molecule has 0 aliphatic heterocycles. The first-order valence-electron chi connectivity index (χ1n) is 10.6. The van der Waals surface area contributed by atoms with E-state index in [0.717, 1.165) is 43.6 Å². The Balaban J connectivity index is 0.000000556. The van der Waals surface area contributed by atoms with Crippen LogP contribution in [-0.4, -0.2) is 31.0 Å². The maximum Gasteiger partial charge on any atom is 0.164 e. The number of methoxy groups -OCH3 is 3. The Hall–Kier alpha value is -3.86. The van der Waals surface area contributed by atoms with Crippen molar-refractivity contribution in [3.8, 4) is 28.4 Å². The van der Waals surface area contributed by atoms with Crippen LogP contribution in [0.3, 0.4) is 0 Å². The summed E-state index contributed by atoms with van der Waals surface area (Å²) in [6.07, 6.45) is 0. The Labute approximate surface area is 208 Å². The summed E-state index contributed by atoms with van der Waals surface area (Å²) in [5.74, 6) is 2.45. The smallest absolute Gasteiger partial charge is 0.164 e. The lowest BCUT2D eigenvalue weighted by Crippen LogP contribution is -2.58. The van der Waals surface area contributed by atoms with Gasteiger partial charge in [0.1, 0.15) is 11.6 Å². The molecule has 0 spiro atoms. The predicted octanol–water partition coefficient (Wildman–Crippen LogP) is 1.69. The van der Waals surface area contributed by atoms with Gasteiger partial charge in [-0.2, -0.15) is 14.0 Å². The van der Waals surface area contributed by atoms with Crippen molar-refractivity contribution in [1.82, 2.24) is 4.98 Å². The Morgan fingerprint density at radius 3 is 1.86 bits per heavy atom. The number of ether oxygens (including phenoxy) is 3. The number of aromatic nitrogens is 1. The highest BCUT2D eigenvalue weighted by atomic mass is 35.7. The number of halogens is 1. The molecule has 0 aliphatic carbocycles. The van der Waals surface area contributed by atoms with E-state index in [9.17, 15) is 0 Å². The fourth-order valence-electron chi connectivity index (χ4n) is 4.27. The number of fused-ring (bicyclic) bond motifs is 5. The summed E-state index contributed by atoms with van der Waals surface area (Å²) >= 11 is 0. The van der Waals surface area contributed by atoms with E-state index in [1.54, 1.807) is 21.3 Å². The second-order valence-electron chi connectivity index (χ2n) is 7.71. The molecule has 0 radical (unpaired) electrons. The summed E-state index contributed by atoms with van der Waals surface area (Å²) < 4.78 is 49.5. The van der Waals surface area contributed by atoms with Crippen LogP contribution in [0.2, 0.25) is 0 Å². The van der Waals surface area contributed by atoms with Crippen molar-refractivity contribution in [1.29, 1.82) is 0 Å². The SMILES string of the molecule is COc1cc(OC)c(-c2cc3ccccc3c3nc(N)c4ccccc4c23)cc1OC.[O-][Cl+3]([O-])([O-])O. The zero-order valence-electron chi connectivity index (χ0n) is 19.7. The molecular weight excluding hydrogens is 488 g/mol. The zero-order chi connectivity index (χ0) is 26.0. The molecule has 4 aromatic carbocycles. The van der Waals surface area contributed by atoms with Gasteiger partial charge in [0.05, 0.1) is 41.7 Å². The third-order valence-corrected chi connectivity index (χ3v) is 5.72. The van der Waals surface area contributed by atoms with E-state index in [1.165, 1.54) is 0 Å². The van der Waals surface area contributed by atoms with Gasteiger partial charge in [0.25, 0.3) is 0 Å². The van der Waals surface area contributed by atoms with Crippen LogP contribution in [0.25, 0.3) is 43.6 Å². The van der Waals surface area contributed by atoms with E-state index in [2.05, 4.69) is 24.3 Å². The zero-order valence-corrected chi connectivity index (χ0v) is 20.4. The minimum atomic E-state index is -4.69. The summed E-state index contributed by atoms with van der Waals surface area (Å²) in [4.78, 5) is 4.83. The van der Waals surface area contributed by atoms with Gasteiger partial charge < -0.3 is 19.9 Å². The molecule has 1 heterocycles. The molecule has 9 nitrogen and oxygen atoms in total. The summed E-state index contributed by atoms with van der Waals surface area (Å²) in [6, 6.07) is 22.3. The maximum absolute atomic E-state index is 8.60. The van der Waals surface area contributed by atoms with E-state index in [4.69, 9.17) is 43.6 Å². The fraction of sp³-hybridized carbons (Fsp3) is 0.115. The third-order valence-electron chi connectivity index (χ3n) is 5.72. The average molecular weight is 511 g/mol. The second kappa shape index (κ2) is 10.0. The second-order valence-corrected chi connectivity index (χ2v) is 8.51. The van der Waals surface area contributed by atoms with Crippen LogP contribution in [0, 0.1) is 10.2 Å². The molecule has 0 fully saturated rings. The molecule has 0 unspecified atom stereocenters. The van der Waals surface area contributed by atoms with E-state index in [-0.39, 0.29) is 0 Å². The normalized spacial score (nSPS) is 11.3. The van der Waals surface area contributed by atoms with Crippen LogP contribution < -0.4 is 33.9 Å². The number of pyridine rings is 1. The van der Waals surface area contributed by atoms with Crippen molar-refractivity contribution in [2.24, 2.45) is 0 Å². The van der Waals surface area contributed by atoms with Crippen molar-refractivity contribution in [2.45, 2.75) is 0 Å². The molecular formula is C26H23ClN2O7. The molecule has 0 aliphatic rings. The molecule has 36 heavy (non-hydrogen) atoms. The number of benzene rings is 4. The van der Waals surface area contributed by atoms with Crippen LogP contribution in [0.4, 0.5) is 5.82 Å². The first kappa shape index (κ1) is 25.2. The number of nitrogens with two attached hydrogens (primary N) is 1. The Kier molecular flexibility index (Phi) is 7.02. The number of hydrogen-bond acceptors (Lipinski definition) is 9. The lowest BCUT2D eigenvalue weighted by molar-refractivity contribution is -1.92. The van der Waals surface area contributed by atoms with Crippen molar-refractivity contribution in [3.05, 3.63) is 66.7 Å². The summed E-state index contributed by atoms with van der Waals surface area (Å²) in [6.45, 7) is 0. The van der Waals surface area contributed by atoms with Gasteiger partial charge in [0.15, 0.2) is 11.5 Å². The van der Waals surface area contributed by atoms with Crippen molar-refractivity contribution in [3.63, 3.8) is 0 Å². The van der Waals surface area contributed by atoms with Gasteiger partial charge in [0, 0.05) is 27.8 Å². The number of anilines is 1. The predicted molar refractivity (Wildman–Crippen MR) is 128 cm³/mol. The molecule has 10 heteroatoms. The lowest BCUT2D eigenvalue weighted by Gasteiger charge is -2.18. The van der Waals surface area contributed by atoms with Gasteiger partial charge in [-0.05, 0) is 28.5 Å². The van der Waals surface area contributed by atoms with Gasteiger partial charge in [0.2, 0.25) is 0 Å². The van der Waals surface area contributed by atoms with Gasteiger partial charge in [-0.15, -0.1) is 0 Å². The van der Waals surface area contributed by atoms with Gasteiger partial charge in [-0.25, -0.2) is 4.98 Å². The molecule has 5 rings (SSSR count). The lowest BCUT2D eigenvalue weighted by atomic mass is 9.92. The average Bonchev–Trinajstić information content (AvgIpc) is 2.86. The first-order valence-corrected chi connectivity index (χ1v) is 11.9. The van der Waals surface area contributed by atoms with Crippen LogP contribution >= 0.6 is 0 Å². The minimum absolute atomic E-state index is 0.518. The molecule has 0 amide bonds.